The molecule has 0 fully saturated rings. The molecule has 0 heterocycles. The Hall–Kier alpha value is -1.85. The van der Waals surface area contributed by atoms with E-state index in [-0.39, 0.29) is 31.1 Å². The molecule has 1 unspecified atom stereocenters. The SMILES string of the molecule is CCCCCCC/C=C\CCCCCCCC(=O)OC(COC(=O)CCCCCCCCC)COC(=O)CCCCCCCCCCCCCCCCCCCCCCCCCCCCCCCCCC. The van der Waals surface area contributed by atoms with E-state index in [1.54, 1.807) is 0 Å². The lowest BCUT2D eigenvalue weighted by molar-refractivity contribution is -0.167. The molecule has 6 heteroatoms. The van der Waals surface area contributed by atoms with Crippen LogP contribution >= 0.6 is 0 Å². The number of carbonyl (C=O) groups excluding carboxylic acids is 3. The van der Waals surface area contributed by atoms with Crippen molar-refractivity contribution in [2.24, 2.45) is 0 Å². The maximum atomic E-state index is 12.8. The molecular weight excluding hydrogens is 877 g/mol. The molecule has 0 bridgehead atoms. The average molecular weight is 1000 g/mol. The van der Waals surface area contributed by atoms with Crippen LogP contribution in [-0.2, 0) is 28.6 Å². The summed E-state index contributed by atoms with van der Waals surface area (Å²) >= 11 is 0. The van der Waals surface area contributed by atoms with E-state index >= 15 is 0 Å². The first-order chi connectivity index (χ1) is 35.0. The smallest absolute Gasteiger partial charge is 0.306 e. The van der Waals surface area contributed by atoms with E-state index in [2.05, 4.69) is 32.9 Å². The van der Waals surface area contributed by atoms with Crippen LogP contribution in [0.15, 0.2) is 12.2 Å². The highest BCUT2D eigenvalue weighted by atomic mass is 16.6. The summed E-state index contributed by atoms with van der Waals surface area (Å²) < 4.78 is 16.8. The maximum Gasteiger partial charge on any atom is 0.306 e. The summed E-state index contributed by atoms with van der Waals surface area (Å²) in [6.07, 6.45) is 71.3. The number of hydrogen-bond donors (Lipinski definition) is 0. The zero-order chi connectivity index (χ0) is 51.4. The van der Waals surface area contributed by atoms with Crippen molar-refractivity contribution in [3.8, 4) is 0 Å². The monoisotopic (exact) mass is 1000 g/mol. The van der Waals surface area contributed by atoms with Crippen LogP contribution in [0.25, 0.3) is 0 Å². The van der Waals surface area contributed by atoms with Gasteiger partial charge in [0.2, 0.25) is 0 Å². The minimum Gasteiger partial charge on any atom is -0.462 e. The summed E-state index contributed by atoms with van der Waals surface area (Å²) in [5.41, 5.74) is 0. The summed E-state index contributed by atoms with van der Waals surface area (Å²) in [5, 5.41) is 0. The molecule has 420 valence electrons. The molecule has 0 saturated carbocycles. The van der Waals surface area contributed by atoms with Gasteiger partial charge in [-0.25, -0.2) is 0 Å². The van der Waals surface area contributed by atoms with Crippen LogP contribution in [0.2, 0.25) is 0 Å². The Morgan fingerprint density at radius 1 is 0.268 bits per heavy atom. The van der Waals surface area contributed by atoms with Crippen molar-refractivity contribution in [3.05, 3.63) is 12.2 Å². The third-order valence-electron chi connectivity index (χ3n) is 14.8. The predicted molar refractivity (Wildman–Crippen MR) is 307 cm³/mol. The molecule has 0 saturated heterocycles. The lowest BCUT2D eigenvalue weighted by Crippen LogP contribution is -2.30. The van der Waals surface area contributed by atoms with Crippen LogP contribution in [0, 0.1) is 0 Å². The van der Waals surface area contributed by atoms with E-state index in [9.17, 15) is 14.4 Å². The Labute approximate surface area is 443 Å². The molecule has 0 aliphatic rings. The molecule has 6 nitrogen and oxygen atoms in total. The Morgan fingerprint density at radius 3 is 0.704 bits per heavy atom. The molecular formula is C65H124O6. The second-order valence-corrected chi connectivity index (χ2v) is 22.0. The Kier molecular flexibility index (Phi) is 59.1. The van der Waals surface area contributed by atoms with Gasteiger partial charge in [0.25, 0.3) is 0 Å². The molecule has 0 rings (SSSR count). The Bertz CT molecular complexity index is 1100. The lowest BCUT2D eigenvalue weighted by Gasteiger charge is -2.18. The highest BCUT2D eigenvalue weighted by molar-refractivity contribution is 5.71. The van der Waals surface area contributed by atoms with Crippen LogP contribution in [0.5, 0.6) is 0 Å². The molecule has 0 aromatic carbocycles. The average Bonchev–Trinajstić information content (AvgIpc) is 3.37. The summed E-state index contributed by atoms with van der Waals surface area (Å²) in [6.45, 7) is 6.64. The number of esters is 3. The number of carbonyl (C=O) groups is 3. The molecule has 0 N–H and O–H groups in total. The Balaban J connectivity index is 3.92. The zero-order valence-electron chi connectivity index (χ0n) is 48.3. The number of rotatable bonds is 60. The first-order valence-corrected chi connectivity index (χ1v) is 32.2. The van der Waals surface area contributed by atoms with Crippen molar-refractivity contribution >= 4 is 17.9 Å². The number of unbranched alkanes of at least 4 members (excludes halogenated alkanes) is 47. The van der Waals surface area contributed by atoms with Gasteiger partial charge in [-0.2, -0.15) is 0 Å². The molecule has 0 aromatic heterocycles. The molecule has 71 heavy (non-hydrogen) atoms. The van der Waals surface area contributed by atoms with Crippen LogP contribution < -0.4 is 0 Å². The lowest BCUT2D eigenvalue weighted by atomic mass is 10.0. The quantitative estimate of drug-likeness (QED) is 0.0261. The van der Waals surface area contributed by atoms with Gasteiger partial charge in [0.05, 0.1) is 0 Å². The van der Waals surface area contributed by atoms with E-state index in [1.165, 1.54) is 263 Å². The van der Waals surface area contributed by atoms with Crippen LogP contribution in [0.1, 0.15) is 367 Å². The predicted octanol–water partition coefficient (Wildman–Crippen LogP) is 21.7. The van der Waals surface area contributed by atoms with Crippen molar-refractivity contribution in [2.45, 2.75) is 374 Å². The van der Waals surface area contributed by atoms with Gasteiger partial charge < -0.3 is 14.2 Å². The fourth-order valence-corrected chi connectivity index (χ4v) is 9.91. The molecule has 0 radical (unpaired) electrons. The normalized spacial score (nSPS) is 12.0. The van der Waals surface area contributed by atoms with E-state index < -0.39 is 6.10 Å². The molecule has 0 aliphatic carbocycles. The topological polar surface area (TPSA) is 78.9 Å². The van der Waals surface area contributed by atoms with E-state index in [1.807, 2.05) is 0 Å². The fraction of sp³-hybridized carbons (Fsp3) is 0.923. The maximum absolute atomic E-state index is 12.8. The minimum atomic E-state index is -0.768. The first kappa shape index (κ1) is 69.2. The van der Waals surface area contributed by atoms with Crippen LogP contribution in [0.3, 0.4) is 0 Å². The van der Waals surface area contributed by atoms with Crippen LogP contribution in [-0.4, -0.2) is 37.2 Å². The van der Waals surface area contributed by atoms with Crippen molar-refractivity contribution in [1.82, 2.24) is 0 Å². The molecule has 0 aromatic rings. The highest BCUT2D eigenvalue weighted by Crippen LogP contribution is 2.18. The van der Waals surface area contributed by atoms with Gasteiger partial charge in [-0.1, -0.05) is 315 Å². The zero-order valence-corrected chi connectivity index (χ0v) is 48.3. The van der Waals surface area contributed by atoms with E-state index in [0.717, 1.165) is 64.2 Å². The standard InChI is InChI=1S/C65H124O6/c1-4-7-10-13-16-18-20-22-24-25-26-27-28-29-30-31-32-33-34-35-36-37-38-39-40-41-43-44-46-49-52-55-58-64(67)70-61-62(60-69-63(66)57-54-51-48-15-12-9-6-3)71-65(68)59-56-53-50-47-45-42-23-21-19-17-14-11-8-5-2/h21,23,62H,4-20,22,24-61H2,1-3H3/b23-21-. The summed E-state index contributed by atoms with van der Waals surface area (Å²) in [6, 6.07) is 0. The van der Waals surface area contributed by atoms with Crippen molar-refractivity contribution in [1.29, 1.82) is 0 Å². The van der Waals surface area contributed by atoms with Crippen molar-refractivity contribution in [3.63, 3.8) is 0 Å². The highest BCUT2D eigenvalue weighted by Gasteiger charge is 2.19. The second-order valence-electron chi connectivity index (χ2n) is 22.0. The third kappa shape index (κ3) is 58.9. The van der Waals surface area contributed by atoms with Crippen molar-refractivity contribution < 1.29 is 28.6 Å². The third-order valence-corrected chi connectivity index (χ3v) is 14.8. The summed E-state index contributed by atoms with van der Waals surface area (Å²) in [7, 11) is 0. The molecule has 0 aliphatic heterocycles. The fourth-order valence-electron chi connectivity index (χ4n) is 9.91. The van der Waals surface area contributed by atoms with Gasteiger partial charge >= 0.3 is 17.9 Å². The van der Waals surface area contributed by atoms with E-state index in [4.69, 9.17) is 14.2 Å². The summed E-state index contributed by atoms with van der Waals surface area (Å²) in [5.74, 6) is -0.862. The first-order valence-electron chi connectivity index (χ1n) is 32.2. The van der Waals surface area contributed by atoms with Crippen LogP contribution in [0.4, 0.5) is 0 Å². The largest absolute Gasteiger partial charge is 0.462 e. The minimum absolute atomic E-state index is 0.0683. The number of allylic oxidation sites excluding steroid dienone is 2. The van der Waals surface area contributed by atoms with Gasteiger partial charge in [0.1, 0.15) is 13.2 Å². The summed E-state index contributed by atoms with van der Waals surface area (Å²) in [4.78, 5) is 37.9. The number of ether oxygens (including phenoxy) is 3. The Morgan fingerprint density at radius 2 is 0.465 bits per heavy atom. The number of hydrogen-bond acceptors (Lipinski definition) is 6. The molecule has 0 spiro atoms. The van der Waals surface area contributed by atoms with Crippen molar-refractivity contribution in [2.75, 3.05) is 13.2 Å². The van der Waals surface area contributed by atoms with Gasteiger partial charge in [0, 0.05) is 19.3 Å². The molecule has 1 atom stereocenters. The van der Waals surface area contributed by atoms with Gasteiger partial charge in [-0.05, 0) is 44.9 Å². The second kappa shape index (κ2) is 60.7. The van der Waals surface area contributed by atoms with E-state index in [0.29, 0.717) is 19.3 Å². The van der Waals surface area contributed by atoms with Gasteiger partial charge in [-0.15, -0.1) is 0 Å². The van der Waals surface area contributed by atoms with Gasteiger partial charge in [0.15, 0.2) is 6.10 Å². The van der Waals surface area contributed by atoms with Gasteiger partial charge in [-0.3, -0.25) is 14.4 Å². The molecule has 0 amide bonds.